The van der Waals surface area contributed by atoms with Gasteiger partial charge in [-0.3, -0.25) is 4.79 Å². The smallest absolute Gasteiger partial charge is 0.343 e. The van der Waals surface area contributed by atoms with Gasteiger partial charge in [0.1, 0.15) is 11.4 Å². The van der Waals surface area contributed by atoms with Gasteiger partial charge >= 0.3 is 5.97 Å². The number of ketones is 1. The number of rotatable bonds is 6. The fourth-order valence-electron chi connectivity index (χ4n) is 1.95. The second kappa shape index (κ2) is 8.78. The molecule has 0 radical (unpaired) electrons. The molecule has 0 saturated carbocycles. The van der Waals surface area contributed by atoms with Gasteiger partial charge in [0, 0.05) is 21.9 Å². The van der Waals surface area contributed by atoms with E-state index in [2.05, 4.69) is 21.2 Å². The molecule has 0 saturated heterocycles. The molecular weight excluding hydrogens is 413 g/mol. The van der Waals surface area contributed by atoms with E-state index in [4.69, 9.17) is 16.3 Å². The quantitative estimate of drug-likeness (QED) is 0.233. The van der Waals surface area contributed by atoms with Crippen LogP contribution in [0.15, 0.2) is 58.7 Å². The second-order valence-electron chi connectivity index (χ2n) is 4.88. The van der Waals surface area contributed by atoms with Crippen LogP contribution in [0.2, 0.25) is 5.02 Å². The largest absolute Gasteiger partial charge is 0.462 e. The lowest BCUT2D eigenvalue weighted by Crippen LogP contribution is -2.18. The molecule has 0 fully saturated rings. The third-order valence-electron chi connectivity index (χ3n) is 3.14. The van der Waals surface area contributed by atoms with Gasteiger partial charge in [0.2, 0.25) is 5.78 Å². The van der Waals surface area contributed by atoms with E-state index in [0.29, 0.717) is 10.2 Å². The van der Waals surface area contributed by atoms with Crippen LogP contribution in [0.5, 0.6) is 0 Å². The third-order valence-corrected chi connectivity index (χ3v) is 3.95. The average molecular weight is 427 g/mol. The number of benzene rings is 2. The number of hydrogen-bond donors (Lipinski definition) is 1. The molecule has 4 nitrogen and oxygen atoms in total. The highest BCUT2D eigenvalue weighted by Crippen LogP contribution is 2.24. The average Bonchev–Trinajstić information content (AvgIpc) is 2.56. The molecule has 0 bridgehead atoms. The van der Waals surface area contributed by atoms with E-state index in [1.807, 2.05) is 0 Å². The Hall–Kier alpha value is -2.18. The summed E-state index contributed by atoms with van der Waals surface area (Å²) < 4.78 is 18.6. The molecule has 1 N–H and O–H groups in total. The van der Waals surface area contributed by atoms with Gasteiger partial charge in [-0.15, -0.1) is 0 Å². The van der Waals surface area contributed by atoms with Crippen LogP contribution in [0, 0.1) is 5.82 Å². The van der Waals surface area contributed by atoms with Crippen LogP contribution in [-0.2, 0) is 9.53 Å². The van der Waals surface area contributed by atoms with Crippen molar-refractivity contribution in [1.29, 1.82) is 0 Å². The molecule has 2 aromatic carbocycles. The van der Waals surface area contributed by atoms with E-state index in [1.165, 1.54) is 36.5 Å². The van der Waals surface area contributed by atoms with Crippen LogP contribution < -0.4 is 5.32 Å². The molecule has 0 amide bonds. The standard InChI is InChI=1S/C18H14BrClFNO3/c1-2-25-18(24)15(10-22-13-6-4-12(21)5-7-13)17(23)14-8-3-11(19)9-16(14)20/h3-10,22H,2H2,1H3. The van der Waals surface area contributed by atoms with Crippen molar-refractivity contribution in [2.45, 2.75) is 6.92 Å². The zero-order valence-electron chi connectivity index (χ0n) is 13.2. The fourth-order valence-corrected chi connectivity index (χ4v) is 2.71. The number of halogens is 3. The number of carbonyl (C=O) groups excluding carboxylic acids is 2. The summed E-state index contributed by atoms with van der Waals surface area (Å²) in [4.78, 5) is 24.8. The summed E-state index contributed by atoms with van der Waals surface area (Å²) in [6.45, 7) is 1.76. The van der Waals surface area contributed by atoms with Crippen LogP contribution in [0.3, 0.4) is 0 Å². The van der Waals surface area contributed by atoms with Gasteiger partial charge in [-0.25, -0.2) is 9.18 Å². The number of anilines is 1. The molecule has 130 valence electrons. The molecule has 0 heterocycles. The molecule has 0 atom stereocenters. The van der Waals surface area contributed by atoms with Crippen molar-refractivity contribution in [3.05, 3.63) is 75.1 Å². The van der Waals surface area contributed by atoms with E-state index in [1.54, 1.807) is 19.1 Å². The molecule has 0 aliphatic heterocycles. The van der Waals surface area contributed by atoms with Crippen LogP contribution >= 0.6 is 27.5 Å². The fraction of sp³-hybridized carbons (Fsp3) is 0.111. The van der Waals surface area contributed by atoms with Crippen molar-refractivity contribution in [2.24, 2.45) is 0 Å². The van der Waals surface area contributed by atoms with Gasteiger partial charge < -0.3 is 10.1 Å². The van der Waals surface area contributed by atoms with Crippen LogP contribution in [0.25, 0.3) is 0 Å². The Labute approximate surface area is 157 Å². The molecule has 7 heteroatoms. The first-order chi connectivity index (χ1) is 11.9. The van der Waals surface area contributed by atoms with Crippen LogP contribution in [-0.4, -0.2) is 18.4 Å². The van der Waals surface area contributed by atoms with Gasteiger partial charge in [-0.1, -0.05) is 27.5 Å². The van der Waals surface area contributed by atoms with Crippen molar-refractivity contribution in [3.63, 3.8) is 0 Å². The number of Topliss-reactive ketones (excluding diaryl/α,β-unsaturated/α-hetero) is 1. The molecule has 25 heavy (non-hydrogen) atoms. The van der Waals surface area contributed by atoms with E-state index in [-0.39, 0.29) is 22.8 Å². The Bertz CT molecular complexity index is 822. The molecule has 2 aromatic rings. The Morgan fingerprint density at radius 1 is 1.24 bits per heavy atom. The maximum Gasteiger partial charge on any atom is 0.343 e. The molecular formula is C18H14BrClFNO3. The highest BCUT2D eigenvalue weighted by Gasteiger charge is 2.23. The van der Waals surface area contributed by atoms with Crippen LogP contribution in [0.1, 0.15) is 17.3 Å². The zero-order valence-corrected chi connectivity index (χ0v) is 15.5. The maximum absolute atomic E-state index is 13.0. The topological polar surface area (TPSA) is 55.4 Å². The van der Waals surface area contributed by atoms with Crippen molar-refractivity contribution < 1.29 is 18.7 Å². The third kappa shape index (κ3) is 5.14. The van der Waals surface area contributed by atoms with E-state index in [0.717, 1.165) is 0 Å². The van der Waals surface area contributed by atoms with Crippen molar-refractivity contribution >= 4 is 45.0 Å². The summed E-state index contributed by atoms with van der Waals surface area (Å²) in [5.41, 5.74) is 0.471. The molecule has 0 unspecified atom stereocenters. The Balaban J connectivity index is 2.34. The monoisotopic (exact) mass is 425 g/mol. The number of esters is 1. The summed E-state index contributed by atoms with van der Waals surface area (Å²) in [5, 5.41) is 3.00. The van der Waals surface area contributed by atoms with Gasteiger partial charge in [0.15, 0.2) is 0 Å². The predicted octanol–water partition coefficient (Wildman–Crippen LogP) is 4.98. The summed E-state index contributed by atoms with van der Waals surface area (Å²) in [5.74, 6) is -1.75. The molecule has 0 spiro atoms. The molecule has 0 aromatic heterocycles. The SMILES string of the molecule is CCOC(=O)C(=CNc1ccc(F)cc1)C(=O)c1ccc(Br)cc1Cl. The minimum absolute atomic E-state index is 0.119. The van der Waals surface area contributed by atoms with E-state index in [9.17, 15) is 14.0 Å². The second-order valence-corrected chi connectivity index (χ2v) is 6.21. The summed E-state index contributed by atoms with van der Waals surface area (Å²) in [6.07, 6.45) is 1.23. The Kier molecular flexibility index (Phi) is 6.73. The van der Waals surface area contributed by atoms with Gasteiger partial charge in [-0.2, -0.15) is 0 Å². The van der Waals surface area contributed by atoms with E-state index < -0.39 is 17.6 Å². The molecule has 2 rings (SSSR count). The lowest BCUT2D eigenvalue weighted by Gasteiger charge is -2.09. The lowest BCUT2D eigenvalue weighted by atomic mass is 10.0. The van der Waals surface area contributed by atoms with Crippen molar-refractivity contribution in [3.8, 4) is 0 Å². The van der Waals surface area contributed by atoms with E-state index >= 15 is 0 Å². The Morgan fingerprint density at radius 3 is 2.52 bits per heavy atom. The van der Waals surface area contributed by atoms with Gasteiger partial charge in [0.25, 0.3) is 0 Å². The number of carbonyl (C=O) groups is 2. The van der Waals surface area contributed by atoms with Gasteiger partial charge in [0.05, 0.1) is 11.6 Å². The van der Waals surface area contributed by atoms with Crippen molar-refractivity contribution in [2.75, 3.05) is 11.9 Å². The summed E-state index contributed by atoms with van der Waals surface area (Å²) in [7, 11) is 0. The first-order valence-electron chi connectivity index (χ1n) is 7.31. The maximum atomic E-state index is 13.0. The van der Waals surface area contributed by atoms with Crippen molar-refractivity contribution in [1.82, 2.24) is 0 Å². The molecule has 0 aliphatic rings. The Morgan fingerprint density at radius 2 is 1.92 bits per heavy atom. The number of nitrogens with one attached hydrogen (secondary N) is 1. The first-order valence-corrected chi connectivity index (χ1v) is 8.48. The van der Waals surface area contributed by atoms with Crippen LogP contribution in [0.4, 0.5) is 10.1 Å². The lowest BCUT2D eigenvalue weighted by molar-refractivity contribution is -0.138. The number of hydrogen-bond acceptors (Lipinski definition) is 4. The minimum Gasteiger partial charge on any atom is -0.462 e. The summed E-state index contributed by atoms with van der Waals surface area (Å²) in [6, 6.07) is 10.2. The first kappa shape index (κ1) is 19.1. The minimum atomic E-state index is -0.777. The predicted molar refractivity (Wildman–Crippen MR) is 98.2 cm³/mol. The summed E-state index contributed by atoms with van der Waals surface area (Å²) >= 11 is 9.35. The normalized spacial score (nSPS) is 11.1. The number of ether oxygens (including phenoxy) is 1. The zero-order chi connectivity index (χ0) is 18.4. The highest BCUT2D eigenvalue weighted by molar-refractivity contribution is 9.10. The highest BCUT2D eigenvalue weighted by atomic mass is 79.9. The molecule has 0 aliphatic carbocycles. The van der Waals surface area contributed by atoms with Gasteiger partial charge in [-0.05, 0) is 49.4 Å².